The van der Waals surface area contributed by atoms with Gasteiger partial charge in [-0.15, -0.1) is 0 Å². The maximum atomic E-state index is 4.47. The highest BCUT2D eigenvalue weighted by atomic mass is 15.3. The zero-order valence-corrected chi connectivity index (χ0v) is 14.5. The topological polar surface area (TPSA) is 17.8 Å². The van der Waals surface area contributed by atoms with Gasteiger partial charge in [0, 0.05) is 12.7 Å². The van der Waals surface area contributed by atoms with Crippen LogP contribution in [0.5, 0.6) is 0 Å². The minimum atomic E-state index is 0.213. The molecule has 0 bridgehead atoms. The molecular weight excluding hydrogens is 244 g/mol. The monoisotopic (exact) mass is 278 g/mol. The van der Waals surface area contributed by atoms with Crippen molar-refractivity contribution in [2.45, 2.75) is 92.0 Å². The van der Waals surface area contributed by atoms with Crippen LogP contribution in [0.1, 0.15) is 85.6 Å². The van der Waals surface area contributed by atoms with Gasteiger partial charge in [-0.1, -0.05) is 67.2 Å². The molecule has 2 heteroatoms. The molecule has 0 fully saturated rings. The smallest absolute Gasteiger partial charge is 0.0527 e. The Morgan fingerprint density at radius 2 is 1.50 bits per heavy atom. The normalized spacial score (nSPS) is 12.9. The zero-order chi connectivity index (χ0) is 15.2. The van der Waals surface area contributed by atoms with E-state index in [9.17, 15) is 0 Å². The summed E-state index contributed by atoms with van der Waals surface area (Å²) in [5, 5.41) is 4.47. The number of rotatable bonds is 7. The maximum absolute atomic E-state index is 4.47. The molecule has 2 nitrogen and oxygen atoms in total. The summed E-state index contributed by atoms with van der Waals surface area (Å²) in [6.45, 7) is 14.8. The van der Waals surface area contributed by atoms with Crippen molar-refractivity contribution in [1.82, 2.24) is 9.78 Å². The summed E-state index contributed by atoms with van der Waals surface area (Å²) in [6, 6.07) is 0. The third-order valence-corrected chi connectivity index (χ3v) is 3.81. The second kappa shape index (κ2) is 7.28. The predicted octanol–water partition coefficient (Wildman–Crippen LogP) is 5.57. The molecule has 1 rings (SSSR count). The van der Waals surface area contributed by atoms with E-state index in [1.54, 1.807) is 0 Å². The number of nitrogens with zero attached hydrogens (tertiary/aromatic N) is 2. The van der Waals surface area contributed by atoms with E-state index in [0.29, 0.717) is 5.41 Å². The molecule has 0 radical (unpaired) electrons. The Labute approximate surface area is 126 Å². The van der Waals surface area contributed by atoms with Crippen LogP contribution >= 0.6 is 0 Å². The van der Waals surface area contributed by atoms with Crippen LogP contribution in [0.4, 0.5) is 0 Å². The van der Waals surface area contributed by atoms with E-state index in [1.807, 2.05) is 6.20 Å². The second-order valence-electron chi connectivity index (χ2n) is 8.32. The first kappa shape index (κ1) is 17.3. The molecule has 1 aromatic heterocycles. The molecule has 0 atom stereocenters. The van der Waals surface area contributed by atoms with Crippen LogP contribution in [0.2, 0.25) is 0 Å². The first-order chi connectivity index (χ1) is 9.18. The summed E-state index contributed by atoms with van der Waals surface area (Å²) in [7, 11) is 0. The first-order valence-corrected chi connectivity index (χ1v) is 8.21. The first-order valence-electron chi connectivity index (χ1n) is 8.21. The SMILES string of the molecule is CC(C)(C)CCCCCCCn1cc(C(C)(C)C)cn1. The minimum absolute atomic E-state index is 0.213. The van der Waals surface area contributed by atoms with Gasteiger partial charge in [-0.3, -0.25) is 4.68 Å². The fourth-order valence-corrected chi connectivity index (χ4v) is 2.33. The summed E-state index contributed by atoms with van der Waals surface area (Å²) in [5.74, 6) is 0. The van der Waals surface area contributed by atoms with Crippen LogP contribution in [0.25, 0.3) is 0 Å². The fraction of sp³-hybridized carbons (Fsp3) is 0.833. The van der Waals surface area contributed by atoms with Crippen LogP contribution in [0.15, 0.2) is 12.4 Å². The fourth-order valence-electron chi connectivity index (χ4n) is 2.33. The third-order valence-electron chi connectivity index (χ3n) is 3.81. The number of hydrogen-bond acceptors (Lipinski definition) is 1. The van der Waals surface area contributed by atoms with Gasteiger partial charge in [0.2, 0.25) is 0 Å². The molecule has 0 unspecified atom stereocenters. The summed E-state index contributed by atoms with van der Waals surface area (Å²) in [4.78, 5) is 0. The van der Waals surface area contributed by atoms with Crippen molar-refractivity contribution >= 4 is 0 Å². The summed E-state index contributed by atoms with van der Waals surface area (Å²) in [6.07, 6.45) is 12.3. The van der Waals surface area contributed by atoms with E-state index in [-0.39, 0.29) is 5.41 Å². The largest absolute Gasteiger partial charge is 0.272 e. The van der Waals surface area contributed by atoms with Crippen molar-refractivity contribution in [1.29, 1.82) is 0 Å². The van der Waals surface area contributed by atoms with Crippen LogP contribution < -0.4 is 0 Å². The molecule has 0 aliphatic rings. The number of aromatic nitrogens is 2. The van der Waals surface area contributed by atoms with Crippen molar-refractivity contribution in [2.75, 3.05) is 0 Å². The predicted molar refractivity (Wildman–Crippen MR) is 88.1 cm³/mol. The van der Waals surface area contributed by atoms with Crippen LogP contribution in [-0.4, -0.2) is 9.78 Å². The highest BCUT2D eigenvalue weighted by Crippen LogP contribution is 2.23. The molecule has 0 saturated carbocycles. The third kappa shape index (κ3) is 7.12. The Morgan fingerprint density at radius 3 is 2.05 bits per heavy atom. The van der Waals surface area contributed by atoms with E-state index < -0.39 is 0 Å². The summed E-state index contributed by atoms with van der Waals surface area (Å²) >= 11 is 0. The standard InChI is InChI=1S/C18H34N2/c1-17(2,3)12-10-8-7-9-11-13-20-15-16(14-19-20)18(4,5)6/h14-15H,7-13H2,1-6H3. The van der Waals surface area contributed by atoms with E-state index >= 15 is 0 Å². The lowest BCUT2D eigenvalue weighted by molar-refractivity contribution is 0.356. The number of unbranched alkanes of at least 4 members (excludes halogenated alkanes) is 4. The van der Waals surface area contributed by atoms with Crippen LogP contribution in [0, 0.1) is 5.41 Å². The van der Waals surface area contributed by atoms with Gasteiger partial charge in [0.25, 0.3) is 0 Å². The quantitative estimate of drug-likeness (QED) is 0.596. The van der Waals surface area contributed by atoms with E-state index in [1.165, 1.54) is 44.1 Å². The molecule has 0 aliphatic carbocycles. The Bertz CT molecular complexity index is 377. The molecular formula is C18H34N2. The van der Waals surface area contributed by atoms with Crippen molar-refractivity contribution in [3.63, 3.8) is 0 Å². The molecule has 1 aromatic rings. The molecule has 1 heterocycles. The van der Waals surface area contributed by atoms with E-state index in [4.69, 9.17) is 0 Å². The zero-order valence-electron chi connectivity index (χ0n) is 14.5. The Hall–Kier alpha value is -0.790. The van der Waals surface area contributed by atoms with E-state index in [0.717, 1.165) is 6.54 Å². The highest BCUT2D eigenvalue weighted by molar-refractivity contribution is 5.14. The van der Waals surface area contributed by atoms with Crippen molar-refractivity contribution in [3.8, 4) is 0 Å². The lowest BCUT2D eigenvalue weighted by Crippen LogP contribution is -2.09. The number of hydrogen-bond donors (Lipinski definition) is 0. The highest BCUT2D eigenvalue weighted by Gasteiger charge is 2.15. The molecule has 0 spiro atoms. The Kier molecular flexibility index (Phi) is 6.29. The van der Waals surface area contributed by atoms with E-state index in [2.05, 4.69) is 57.5 Å². The van der Waals surface area contributed by atoms with Gasteiger partial charge in [0.1, 0.15) is 0 Å². The average molecular weight is 278 g/mol. The van der Waals surface area contributed by atoms with Gasteiger partial charge >= 0.3 is 0 Å². The molecule has 0 N–H and O–H groups in total. The Balaban J connectivity index is 2.11. The van der Waals surface area contributed by atoms with Crippen molar-refractivity contribution < 1.29 is 0 Å². The van der Waals surface area contributed by atoms with Gasteiger partial charge in [-0.05, 0) is 29.2 Å². The second-order valence-corrected chi connectivity index (χ2v) is 8.32. The Morgan fingerprint density at radius 1 is 0.900 bits per heavy atom. The molecule has 0 amide bonds. The molecule has 116 valence electrons. The lowest BCUT2D eigenvalue weighted by atomic mass is 9.89. The van der Waals surface area contributed by atoms with Crippen LogP contribution in [0.3, 0.4) is 0 Å². The molecule has 0 aromatic carbocycles. The van der Waals surface area contributed by atoms with Gasteiger partial charge in [-0.25, -0.2) is 0 Å². The molecule has 20 heavy (non-hydrogen) atoms. The van der Waals surface area contributed by atoms with Gasteiger partial charge in [0.05, 0.1) is 6.20 Å². The van der Waals surface area contributed by atoms with Gasteiger partial charge < -0.3 is 0 Å². The average Bonchev–Trinajstić information content (AvgIpc) is 2.74. The summed E-state index contributed by atoms with van der Waals surface area (Å²) < 4.78 is 2.11. The van der Waals surface area contributed by atoms with Crippen LogP contribution in [-0.2, 0) is 12.0 Å². The van der Waals surface area contributed by atoms with Gasteiger partial charge in [0.15, 0.2) is 0 Å². The van der Waals surface area contributed by atoms with Crippen molar-refractivity contribution in [3.05, 3.63) is 18.0 Å². The molecule has 0 saturated heterocycles. The summed E-state index contributed by atoms with van der Waals surface area (Å²) in [5.41, 5.74) is 2.05. The lowest BCUT2D eigenvalue weighted by Gasteiger charge is -2.17. The van der Waals surface area contributed by atoms with Gasteiger partial charge in [-0.2, -0.15) is 5.10 Å². The minimum Gasteiger partial charge on any atom is -0.272 e. The molecule has 0 aliphatic heterocycles. The van der Waals surface area contributed by atoms with Crippen molar-refractivity contribution in [2.24, 2.45) is 5.41 Å². The number of aryl methyl sites for hydroxylation is 1. The maximum Gasteiger partial charge on any atom is 0.0527 e.